The van der Waals surface area contributed by atoms with Gasteiger partial charge in [0.2, 0.25) is 5.91 Å². The van der Waals surface area contributed by atoms with Gasteiger partial charge in [0.15, 0.2) is 11.5 Å². The highest BCUT2D eigenvalue weighted by molar-refractivity contribution is 7.99. The smallest absolute Gasteiger partial charge is 0.251 e. The summed E-state index contributed by atoms with van der Waals surface area (Å²) in [6.07, 6.45) is 7.33. The average molecular weight is 293 g/mol. The third-order valence-electron chi connectivity index (χ3n) is 3.71. The molecule has 0 atom stereocenters. The molecule has 20 heavy (non-hydrogen) atoms. The lowest BCUT2D eigenvalue weighted by Gasteiger charge is -2.31. The number of thioether (sulfide) groups is 1. The van der Waals surface area contributed by atoms with E-state index in [4.69, 9.17) is 9.47 Å². The van der Waals surface area contributed by atoms with Crippen LogP contribution in [0.25, 0.3) is 0 Å². The number of fused-ring (bicyclic) bond motifs is 1. The van der Waals surface area contributed by atoms with Crippen LogP contribution in [-0.2, 0) is 4.79 Å². The van der Waals surface area contributed by atoms with Gasteiger partial charge in [-0.3, -0.25) is 4.79 Å². The van der Waals surface area contributed by atoms with Crippen LogP contribution in [0.3, 0.4) is 0 Å². The van der Waals surface area contributed by atoms with Crippen molar-refractivity contribution in [2.45, 2.75) is 37.9 Å². The number of carbonyl (C=O) groups excluding carboxylic acids is 1. The highest BCUT2D eigenvalue weighted by Crippen LogP contribution is 2.46. The predicted octanol–water partition coefficient (Wildman–Crippen LogP) is 3.42. The lowest BCUT2D eigenvalue weighted by molar-refractivity contribution is -0.113. The zero-order valence-corrected chi connectivity index (χ0v) is 12.4. The van der Waals surface area contributed by atoms with Gasteiger partial charge >= 0.3 is 0 Å². The normalized spacial score (nSPS) is 19.1. The Balaban J connectivity index is 1.72. The van der Waals surface area contributed by atoms with Crippen LogP contribution in [0.4, 0.5) is 5.69 Å². The fraction of sp³-hybridized carbons (Fsp3) is 0.533. The van der Waals surface area contributed by atoms with E-state index >= 15 is 0 Å². The maximum Gasteiger partial charge on any atom is 0.251 e. The molecule has 0 unspecified atom stereocenters. The molecule has 0 radical (unpaired) electrons. The van der Waals surface area contributed by atoms with Crippen molar-refractivity contribution in [2.24, 2.45) is 0 Å². The van der Waals surface area contributed by atoms with E-state index in [1.54, 1.807) is 0 Å². The maximum atomic E-state index is 11.6. The van der Waals surface area contributed by atoms with Crippen molar-refractivity contribution in [3.05, 3.63) is 18.2 Å². The molecular weight excluding hydrogens is 274 g/mol. The summed E-state index contributed by atoms with van der Waals surface area (Å²) in [6, 6.07) is 5.60. The zero-order valence-electron chi connectivity index (χ0n) is 11.6. The molecule has 1 N–H and O–H groups in total. The van der Waals surface area contributed by atoms with E-state index in [-0.39, 0.29) is 5.91 Å². The molecule has 0 bridgehead atoms. The number of nitrogens with one attached hydrogen (secondary N) is 1. The Labute approximate surface area is 123 Å². The van der Waals surface area contributed by atoms with Crippen molar-refractivity contribution in [2.75, 3.05) is 17.3 Å². The van der Waals surface area contributed by atoms with E-state index in [9.17, 15) is 4.79 Å². The van der Waals surface area contributed by atoms with Crippen LogP contribution in [-0.4, -0.2) is 23.7 Å². The van der Waals surface area contributed by atoms with Crippen LogP contribution >= 0.6 is 11.8 Å². The Kier molecular flexibility index (Phi) is 3.78. The average Bonchev–Trinajstić information content (AvgIpc) is 2.76. The van der Waals surface area contributed by atoms with Crippen molar-refractivity contribution in [3.8, 4) is 11.5 Å². The summed E-state index contributed by atoms with van der Waals surface area (Å²) in [5.41, 5.74) is 0.763. The molecule has 3 rings (SSSR count). The summed E-state index contributed by atoms with van der Waals surface area (Å²) >= 11 is 1.50. The molecule has 1 heterocycles. The van der Waals surface area contributed by atoms with Crippen LogP contribution in [0.2, 0.25) is 0 Å². The van der Waals surface area contributed by atoms with Gasteiger partial charge in [0.1, 0.15) is 0 Å². The van der Waals surface area contributed by atoms with Crippen LogP contribution in [0, 0.1) is 0 Å². The SMILES string of the molecule is CSCC(=O)Nc1ccc2c(c1)OC1(CCCCC1)O2. The van der Waals surface area contributed by atoms with Crippen LogP contribution in [0.5, 0.6) is 11.5 Å². The van der Waals surface area contributed by atoms with Crippen LogP contribution in [0.15, 0.2) is 18.2 Å². The standard InChI is InChI=1S/C15H19NO3S/c1-20-10-14(17)16-11-5-6-12-13(9-11)19-15(18-12)7-3-2-4-8-15/h5-6,9H,2-4,7-8,10H2,1H3,(H,16,17). The van der Waals surface area contributed by atoms with E-state index in [0.717, 1.165) is 42.9 Å². The van der Waals surface area contributed by atoms with Gasteiger partial charge in [-0.15, -0.1) is 0 Å². The molecule has 1 aromatic rings. The summed E-state index contributed by atoms with van der Waals surface area (Å²) in [5, 5.41) is 2.87. The third kappa shape index (κ3) is 2.73. The fourth-order valence-electron chi connectivity index (χ4n) is 2.79. The topological polar surface area (TPSA) is 47.6 Å². The van der Waals surface area contributed by atoms with Gasteiger partial charge in [0.25, 0.3) is 5.79 Å². The van der Waals surface area contributed by atoms with E-state index in [0.29, 0.717) is 5.75 Å². The number of rotatable bonds is 3. The molecule has 1 aliphatic heterocycles. The first kappa shape index (κ1) is 13.6. The van der Waals surface area contributed by atoms with Gasteiger partial charge in [-0.2, -0.15) is 11.8 Å². The van der Waals surface area contributed by atoms with Crippen molar-refractivity contribution in [1.29, 1.82) is 0 Å². The highest BCUT2D eigenvalue weighted by atomic mass is 32.2. The number of benzene rings is 1. The summed E-state index contributed by atoms with van der Waals surface area (Å²) in [4.78, 5) is 11.6. The lowest BCUT2D eigenvalue weighted by atomic mass is 9.94. The second-order valence-corrected chi connectivity index (χ2v) is 6.18. The molecule has 1 aliphatic carbocycles. The second-order valence-electron chi connectivity index (χ2n) is 5.32. The Morgan fingerprint density at radius 3 is 2.75 bits per heavy atom. The Morgan fingerprint density at radius 2 is 2.00 bits per heavy atom. The molecule has 0 aromatic heterocycles. The lowest BCUT2D eigenvalue weighted by Crippen LogP contribution is -2.40. The molecule has 1 saturated carbocycles. The third-order valence-corrected chi connectivity index (χ3v) is 4.26. The number of anilines is 1. The maximum absolute atomic E-state index is 11.6. The molecule has 108 valence electrons. The van der Waals surface area contributed by atoms with Crippen LogP contribution in [0.1, 0.15) is 32.1 Å². The molecule has 1 spiro atoms. The second kappa shape index (κ2) is 5.56. The van der Waals surface area contributed by atoms with Crippen molar-refractivity contribution >= 4 is 23.4 Å². The molecule has 0 saturated heterocycles. The largest absolute Gasteiger partial charge is 0.448 e. The Hall–Kier alpha value is -1.36. The van der Waals surface area contributed by atoms with Gasteiger partial charge in [-0.05, 0) is 31.2 Å². The van der Waals surface area contributed by atoms with Crippen molar-refractivity contribution in [1.82, 2.24) is 0 Å². The van der Waals surface area contributed by atoms with Crippen molar-refractivity contribution in [3.63, 3.8) is 0 Å². The van der Waals surface area contributed by atoms with Crippen LogP contribution < -0.4 is 14.8 Å². The number of amides is 1. The molecule has 1 aromatic carbocycles. The van der Waals surface area contributed by atoms with E-state index < -0.39 is 5.79 Å². The van der Waals surface area contributed by atoms with E-state index in [1.807, 2.05) is 24.5 Å². The molecular formula is C15H19NO3S. The van der Waals surface area contributed by atoms with Gasteiger partial charge in [0, 0.05) is 24.6 Å². The van der Waals surface area contributed by atoms with Gasteiger partial charge in [0.05, 0.1) is 5.75 Å². The predicted molar refractivity (Wildman–Crippen MR) is 80.5 cm³/mol. The summed E-state index contributed by atoms with van der Waals surface area (Å²) in [7, 11) is 0. The minimum Gasteiger partial charge on any atom is -0.448 e. The first-order valence-electron chi connectivity index (χ1n) is 7.02. The molecule has 1 amide bonds. The fourth-order valence-corrected chi connectivity index (χ4v) is 3.13. The monoisotopic (exact) mass is 293 g/mol. The summed E-state index contributed by atoms with van der Waals surface area (Å²) in [6.45, 7) is 0. The molecule has 2 aliphatic rings. The van der Waals surface area contributed by atoms with Gasteiger partial charge in [-0.1, -0.05) is 6.42 Å². The highest BCUT2D eigenvalue weighted by Gasteiger charge is 2.42. The number of hydrogen-bond donors (Lipinski definition) is 1. The van der Waals surface area contributed by atoms with Gasteiger partial charge in [-0.25, -0.2) is 0 Å². The van der Waals surface area contributed by atoms with E-state index in [1.165, 1.54) is 18.2 Å². The zero-order chi connectivity index (χ0) is 14.0. The molecule has 1 fully saturated rings. The molecule has 4 nitrogen and oxygen atoms in total. The minimum atomic E-state index is -0.456. The number of carbonyl (C=O) groups is 1. The number of ether oxygens (including phenoxy) is 2. The Bertz CT molecular complexity index is 512. The molecule has 5 heteroatoms. The van der Waals surface area contributed by atoms with E-state index in [2.05, 4.69) is 5.32 Å². The van der Waals surface area contributed by atoms with Gasteiger partial charge < -0.3 is 14.8 Å². The Morgan fingerprint density at radius 1 is 1.25 bits per heavy atom. The van der Waals surface area contributed by atoms with Crippen molar-refractivity contribution < 1.29 is 14.3 Å². The summed E-state index contributed by atoms with van der Waals surface area (Å²) in [5.74, 6) is 1.54. The first-order chi connectivity index (χ1) is 9.71. The summed E-state index contributed by atoms with van der Waals surface area (Å²) < 4.78 is 12.0. The first-order valence-corrected chi connectivity index (χ1v) is 8.41. The minimum absolute atomic E-state index is 0.00347. The quantitative estimate of drug-likeness (QED) is 0.927. The number of hydrogen-bond acceptors (Lipinski definition) is 4.